The Labute approximate surface area is 170 Å². The van der Waals surface area contributed by atoms with Crippen LogP contribution in [-0.4, -0.2) is 44.3 Å². The lowest BCUT2D eigenvalue weighted by Gasteiger charge is -2.27. The molecule has 1 saturated heterocycles. The molecule has 152 valence electrons. The fraction of sp³-hybridized carbons (Fsp3) is 0.389. The van der Waals surface area contributed by atoms with Gasteiger partial charge in [-0.1, -0.05) is 11.6 Å². The quantitative estimate of drug-likeness (QED) is 0.449. The van der Waals surface area contributed by atoms with Crippen molar-refractivity contribution in [3.05, 3.63) is 28.7 Å². The van der Waals surface area contributed by atoms with Crippen LogP contribution in [0.2, 0.25) is 5.15 Å². The number of hydrogen-bond acceptors (Lipinski definition) is 6. The highest BCUT2D eigenvalue weighted by atomic mass is 35.5. The van der Waals surface area contributed by atoms with Crippen LogP contribution in [0.4, 0.5) is 15.4 Å². The van der Waals surface area contributed by atoms with Crippen molar-refractivity contribution in [2.45, 2.75) is 45.3 Å². The van der Waals surface area contributed by atoms with E-state index in [0.29, 0.717) is 17.0 Å². The van der Waals surface area contributed by atoms with Gasteiger partial charge in [0.25, 0.3) is 5.91 Å². The molecule has 2 N–H and O–H groups in total. The van der Waals surface area contributed by atoms with Crippen LogP contribution in [0, 0.1) is 0 Å². The van der Waals surface area contributed by atoms with Crippen molar-refractivity contribution in [2.75, 3.05) is 4.90 Å². The topological polar surface area (TPSA) is 118 Å². The van der Waals surface area contributed by atoms with Gasteiger partial charge in [0, 0.05) is 17.7 Å². The molecule has 1 aliphatic carbocycles. The predicted molar refractivity (Wildman–Crippen MR) is 104 cm³/mol. The molecule has 3 heterocycles. The van der Waals surface area contributed by atoms with Crippen molar-refractivity contribution in [3.63, 3.8) is 0 Å². The maximum Gasteiger partial charge on any atom is 0.416 e. The molecule has 0 spiro atoms. The third-order valence-corrected chi connectivity index (χ3v) is 4.41. The van der Waals surface area contributed by atoms with Gasteiger partial charge >= 0.3 is 12.1 Å². The lowest BCUT2D eigenvalue weighted by atomic mass is 10.2. The molecule has 1 aliphatic heterocycles. The number of amides is 4. The number of ether oxygens (including phenoxy) is 1. The van der Waals surface area contributed by atoms with Crippen LogP contribution in [-0.2, 0) is 9.53 Å². The van der Waals surface area contributed by atoms with Crippen molar-refractivity contribution in [2.24, 2.45) is 0 Å². The molecule has 4 amide bonds. The second kappa shape index (κ2) is 6.73. The van der Waals surface area contributed by atoms with Crippen molar-refractivity contribution in [1.29, 1.82) is 0 Å². The first-order chi connectivity index (χ1) is 13.6. The lowest BCUT2D eigenvalue weighted by molar-refractivity contribution is -0.115. The smallest absolute Gasteiger partial charge is 0.416 e. The third-order valence-electron chi connectivity index (χ3n) is 4.22. The molecular formula is C18H19ClN6O4. The van der Waals surface area contributed by atoms with Crippen LogP contribution in [0.1, 0.15) is 39.2 Å². The Morgan fingerprint density at radius 2 is 2.07 bits per heavy atom. The SMILES string of the molecule is CC(C)(C)OC(=O)N(c1cc(Cl)nc2c(C=C3NC(=O)NC3=O)cnn12)C1CC1. The van der Waals surface area contributed by atoms with Crippen LogP contribution >= 0.6 is 11.6 Å². The maximum absolute atomic E-state index is 12.8. The van der Waals surface area contributed by atoms with E-state index in [1.807, 2.05) is 0 Å². The Bertz CT molecular complexity index is 1070. The Hall–Kier alpha value is -3.14. The van der Waals surface area contributed by atoms with E-state index in [0.717, 1.165) is 12.8 Å². The van der Waals surface area contributed by atoms with Crippen molar-refractivity contribution < 1.29 is 19.1 Å². The number of imide groups is 1. The number of aromatic nitrogens is 3. The van der Waals surface area contributed by atoms with Crippen LogP contribution in [0.3, 0.4) is 0 Å². The molecular weight excluding hydrogens is 400 g/mol. The van der Waals surface area contributed by atoms with Crippen molar-refractivity contribution in [3.8, 4) is 0 Å². The van der Waals surface area contributed by atoms with Crippen LogP contribution in [0.25, 0.3) is 11.7 Å². The highest BCUT2D eigenvalue weighted by molar-refractivity contribution is 6.30. The maximum atomic E-state index is 12.8. The Morgan fingerprint density at radius 3 is 2.66 bits per heavy atom. The summed E-state index contributed by atoms with van der Waals surface area (Å²) >= 11 is 6.23. The van der Waals surface area contributed by atoms with Crippen molar-refractivity contribution >= 4 is 47.2 Å². The normalized spacial score (nSPS) is 18.1. The van der Waals surface area contributed by atoms with Gasteiger partial charge in [0.1, 0.15) is 22.3 Å². The van der Waals surface area contributed by atoms with Gasteiger partial charge in [-0.3, -0.25) is 15.0 Å². The number of nitrogens with one attached hydrogen (secondary N) is 2. The summed E-state index contributed by atoms with van der Waals surface area (Å²) in [4.78, 5) is 41.8. The molecule has 10 nitrogen and oxygen atoms in total. The first kappa shape index (κ1) is 19.2. The molecule has 0 radical (unpaired) electrons. The second-order valence-corrected chi connectivity index (χ2v) is 8.21. The van der Waals surface area contributed by atoms with Crippen molar-refractivity contribution in [1.82, 2.24) is 25.2 Å². The number of fused-ring (bicyclic) bond motifs is 1. The third kappa shape index (κ3) is 3.88. The zero-order valence-electron chi connectivity index (χ0n) is 16.0. The number of urea groups is 1. The highest BCUT2D eigenvalue weighted by Crippen LogP contribution is 2.34. The minimum Gasteiger partial charge on any atom is -0.443 e. The molecule has 2 aromatic heterocycles. The number of anilines is 1. The highest BCUT2D eigenvalue weighted by Gasteiger charge is 2.38. The number of halogens is 1. The molecule has 29 heavy (non-hydrogen) atoms. The lowest BCUT2D eigenvalue weighted by Crippen LogP contribution is -2.39. The number of hydrogen-bond donors (Lipinski definition) is 2. The van der Waals surface area contributed by atoms with E-state index >= 15 is 0 Å². The van der Waals surface area contributed by atoms with Gasteiger partial charge in [0.05, 0.1) is 6.20 Å². The van der Waals surface area contributed by atoms with Crippen LogP contribution in [0.15, 0.2) is 18.0 Å². The van der Waals surface area contributed by atoms with E-state index in [1.165, 1.54) is 21.7 Å². The first-order valence-corrected chi connectivity index (χ1v) is 9.41. The van der Waals surface area contributed by atoms with Crippen LogP contribution in [0.5, 0.6) is 0 Å². The first-order valence-electron chi connectivity index (χ1n) is 9.03. The van der Waals surface area contributed by atoms with E-state index in [1.54, 1.807) is 26.8 Å². The minimum absolute atomic E-state index is 0.0163. The Kier molecular flexibility index (Phi) is 4.45. The molecule has 0 aromatic carbocycles. The average molecular weight is 419 g/mol. The zero-order valence-corrected chi connectivity index (χ0v) is 16.8. The van der Waals surface area contributed by atoms with Gasteiger partial charge in [-0.2, -0.15) is 9.61 Å². The van der Waals surface area contributed by atoms with E-state index < -0.39 is 23.6 Å². The summed E-state index contributed by atoms with van der Waals surface area (Å²) in [6.07, 6.45) is 4.11. The summed E-state index contributed by atoms with van der Waals surface area (Å²) in [5, 5.41) is 9.01. The fourth-order valence-corrected chi connectivity index (χ4v) is 3.10. The van der Waals surface area contributed by atoms with Gasteiger partial charge in [0.15, 0.2) is 5.65 Å². The summed E-state index contributed by atoms with van der Waals surface area (Å²) in [7, 11) is 0. The molecule has 0 unspecified atom stereocenters. The number of carbonyl (C=O) groups excluding carboxylic acids is 3. The molecule has 2 aliphatic rings. The van der Waals surface area contributed by atoms with Gasteiger partial charge in [-0.25, -0.2) is 14.6 Å². The summed E-state index contributed by atoms with van der Waals surface area (Å²) in [6.45, 7) is 5.39. The van der Waals surface area contributed by atoms with E-state index in [9.17, 15) is 14.4 Å². The summed E-state index contributed by atoms with van der Waals surface area (Å²) in [5.41, 5.74) is 0.206. The molecule has 1 saturated carbocycles. The average Bonchev–Trinajstić information content (AvgIpc) is 3.25. The van der Waals surface area contributed by atoms with Gasteiger partial charge in [-0.15, -0.1) is 0 Å². The monoisotopic (exact) mass is 418 g/mol. The molecule has 2 aromatic rings. The largest absolute Gasteiger partial charge is 0.443 e. The molecule has 4 rings (SSSR count). The molecule has 2 fully saturated rings. The number of nitrogens with zero attached hydrogens (tertiary/aromatic N) is 4. The number of carbonyl (C=O) groups is 3. The van der Waals surface area contributed by atoms with E-state index in [4.69, 9.17) is 16.3 Å². The van der Waals surface area contributed by atoms with E-state index in [-0.39, 0.29) is 16.9 Å². The zero-order chi connectivity index (χ0) is 20.9. The summed E-state index contributed by atoms with van der Waals surface area (Å²) in [6, 6.07) is 0.928. The summed E-state index contributed by atoms with van der Waals surface area (Å²) in [5.74, 6) is -0.133. The Balaban J connectivity index is 1.78. The van der Waals surface area contributed by atoms with Gasteiger partial charge in [0.2, 0.25) is 0 Å². The summed E-state index contributed by atoms with van der Waals surface area (Å²) < 4.78 is 7.02. The fourth-order valence-electron chi connectivity index (χ4n) is 2.92. The van der Waals surface area contributed by atoms with E-state index in [2.05, 4.69) is 20.7 Å². The van der Waals surface area contributed by atoms with Crippen LogP contribution < -0.4 is 15.5 Å². The molecule has 11 heteroatoms. The van der Waals surface area contributed by atoms with Gasteiger partial charge < -0.3 is 10.1 Å². The molecule has 0 bridgehead atoms. The molecule has 0 atom stereocenters. The minimum atomic E-state index is -0.659. The number of rotatable bonds is 3. The Morgan fingerprint density at radius 1 is 1.34 bits per heavy atom. The predicted octanol–water partition coefficient (Wildman–Crippen LogP) is 2.47. The standard InChI is InChI=1S/C18H19ClN6O4/c1-18(2,3)29-17(28)24(10-4-5-10)13-7-12(19)22-14-9(8-20-25(13)14)6-11-15(26)23-16(27)21-11/h6-8,10H,4-5H2,1-3H3,(H2,21,23,26,27). The second-order valence-electron chi connectivity index (χ2n) is 7.82. The van der Waals surface area contributed by atoms with Gasteiger partial charge in [-0.05, 0) is 39.7 Å².